The summed E-state index contributed by atoms with van der Waals surface area (Å²) < 4.78 is 85.9. The van der Waals surface area contributed by atoms with Crippen LogP contribution in [0.5, 0.6) is 11.9 Å². The summed E-state index contributed by atoms with van der Waals surface area (Å²) in [5, 5.41) is -0.579. The lowest BCUT2D eigenvalue weighted by Crippen LogP contribution is -2.44. The van der Waals surface area contributed by atoms with Gasteiger partial charge in [0, 0.05) is 43.3 Å². The summed E-state index contributed by atoms with van der Waals surface area (Å²) in [5.41, 5.74) is 2.32. The number of pyridine rings is 1. The number of nitrogens with zero attached hydrogens (tertiary/aromatic N) is 6. The van der Waals surface area contributed by atoms with Crippen LogP contribution in [0.15, 0.2) is 12.1 Å². The Labute approximate surface area is 262 Å². The van der Waals surface area contributed by atoms with E-state index in [1.54, 1.807) is 0 Å². The van der Waals surface area contributed by atoms with Gasteiger partial charge in [-0.1, -0.05) is 11.6 Å². The van der Waals surface area contributed by atoms with Crippen molar-refractivity contribution in [1.82, 2.24) is 24.8 Å². The minimum atomic E-state index is -4.94. The fraction of sp³-hybridized carbons (Fsp3) is 0.567. The highest BCUT2D eigenvalue weighted by atomic mass is 35.5. The number of alkyl halides is 4. The predicted molar refractivity (Wildman–Crippen MR) is 161 cm³/mol. The van der Waals surface area contributed by atoms with Crippen LogP contribution in [0.2, 0.25) is 5.02 Å². The summed E-state index contributed by atoms with van der Waals surface area (Å²) in [6, 6.07) is 1.64. The van der Waals surface area contributed by atoms with Crippen molar-refractivity contribution in [2.24, 2.45) is 0 Å². The van der Waals surface area contributed by atoms with Gasteiger partial charge < -0.3 is 25.0 Å². The van der Waals surface area contributed by atoms with Gasteiger partial charge in [-0.15, -0.1) is 0 Å². The predicted octanol–water partition coefficient (Wildman–Crippen LogP) is 5.58. The molecule has 2 aromatic heterocycles. The van der Waals surface area contributed by atoms with E-state index in [0.717, 1.165) is 31.5 Å². The average Bonchev–Trinajstić information content (AvgIpc) is 3.45. The Bertz CT molecular complexity index is 1610. The summed E-state index contributed by atoms with van der Waals surface area (Å²) in [5.74, 6) is -0.966. The summed E-state index contributed by atoms with van der Waals surface area (Å²) in [6.07, 6.45) is -3.47. The number of hydrogen-bond donors (Lipinski definition) is 1. The van der Waals surface area contributed by atoms with E-state index in [1.165, 1.54) is 0 Å². The molecule has 244 valence electrons. The van der Waals surface area contributed by atoms with E-state index in [9.17, 15) is 17.6 Å². The van der Waals surface area contributed by atoms with Gasteiger partial charge in [0.1, 0.15) is 35.2 Å². The summed E-state index contributed by atoms with van der Waals surface area (Å²) in [6.45, 7) is 4.43. The van der Waals surface area contributed by atoms with Gasteiger partial charge >= 0.3 is 12.2 Å². The summed E-state index contributed by atoms with van der Waals surface area (Å²) in [7, 11) is 3.85. The standard InChI is InChI=1S/C30H35ClF5N7O2/c1-16(13-41(2)3)43-8-5-9-44-27-21-25(23(33)24(38-27)19-10-18(37)11-20(31)22(19)30(34,35)36)39-28(40-26(21)43)45-15-29-6-4-7-42(29)14-17(32)12-29/h10-11,16-17H,4-9,12-15,37H2,1-3H3/t16?,17-,29+/m1/s1. The van der Waals surface area contributed by atoms with E-state index in [2.05, 4.69) is 14.9 Å². The van der Waals surface area contributed by atoms with Crippen LogP contribution in [0, 0.1) is 5.82 Å². The maximum Gasteiger partial charge on any atom is 0.418 e. The quantitative estimate of drug-likeness (QED) is 0.259. The van der Waals surface area contributed by atoms with E-state index < -0.39 is 45.5 Å². The van der Waals surface area contributed by atoms with Crippen LogP contribution in [0.4, 0.5) is 33.5 Å². The molecule has 3 atom stereocenters. The average molecular weight is 656 g/mol. The molecule has 2 N–H and O–H groups in total. The van der Waals surface area contributed by atoms with Gasteiger partial charge in [0.15, 0.2) is 5.82 Å². The van der Waals surface area contributed by atoms with Gasteiger partial charge in [0.05, 0.1) is 22.7 Å². The second kappa shape index (κ2) is 11.8. The molecule has 0 saturated carbocycles. The lowest BCUT2D eigenvalue weighted by atomic mass is 9.95. The highest BCUT2D eigenvalue weighted by Crippen LogP contribution is 2.46. The highest BCUT2D eigenvalue weighted by molar-refractivity contribution is 6.32. The Balaban J connectivity index is 1.56. The van der Waals surface area contributed by atoms with E-state index in [4.69, 9.17) is 31.8 Å². The number of fused-ring (bicyclic) bond motifs is 1. The zero-order valence-electron chi connectivity index (χ0n) is 25.2. The number of benzene rings is 1. The number of ether oxygens (including phenoxy) is 2. The SMILES string of the molecule is CC(CN(C)C)N1CCCOc2nc(-c3cc(N)cc(Cl)c3C(F)(F)F)c(F)c3nc(OC[C@@]45CCCN4C[C@H](F)C5)nc1c23. The molecule has 0 aliphatic carbocycles. The number of anilines is 2. The van der Waals surface area contributed by atoms with Gasteiger partial charge in [-0.2, -0.15) is 23.1 Å². The van der Waals surface area contributed by atoms with Crippen molar-refractivity contribution in [2.75, 3.05) is 64.1 Å². The third-order valence-corrected chi connectivity index (χ3v) is 9.11. The fourth-order valence-electron chi connectivity index (χ4n) is 6.97. The smallest absolute Gasteiger partial charge is 0.418 e. The van der Waals surface area contributed by atoms with Crippen molar-refractivity contribution in [3.05, 3.63) is 28.5 Å². The first-order chi connectivity index (χ1) is 21.3. The Morgan fingerprint density at radius 3 is 2.71 bits per heavy atom. The Kier molecular flexibility index (Phi) is 8.36. The van der Waals surface area contributed by atoms with Crippen LogP contribution >= 0.6 is 11.6 Å². The van der Waals surface area contributed by atoms with E-state index in [1.807, 2.05) is 30.8 Å². The third-order valence-electron chi connectivity index (χ3n) is 8.81. The fourth-order valence-corrected chi connectivity index (χ4v) is 7.31. The lowest BCUT2D eigenvalue weighted by molar-refractivity contribution is -0.137. The first-order valence-electron chi connectivity index (χ1n) is 14.9. The maximum atomic E-state index is 16.7. The van der Waals surface area contributed by atoms with Crippen LogP contribution in [-0.2, 0) is 6.18 Å². The molecule has 9 nitrogen and oxygen atoms in total. The van der Waals surface area contributed by atoms with Gasteiger partial charge in [0.2, 0.25) is 5.88 Å². The molecule has 0 amide bonds. The normalized spacial score (nSPS) is 22.8. The van der Waals surface area contributed by atoms with Crippen molar-refractivity contribution in [1.29, 1.82) is 0 Å². The molecule has 0 radical (unpaired) electrons. The first-order valence-corrected chi connectivity index (χ1v) is 15.3. The molecule has 45 heavy (non-hydrogen) atoms. The van der Waals surface area contributed by atoms with E-state index in [0.29, 0.717) is 32.5 Å². The van der Waals surface area contributed by atoms with Crippen LogP contribution in [0.25, 0.3) is 22.2 Å². The number of likely N-dealkylation sites (N-methyl/N-ethyl adjacent to an activating group) is 1. The zero-order valence-corrected chi connectivity index (χ0v) is 26.0. The van der Waals surface area contributed by atoms with Crippen LogP contribution in [0.1, 0.15) is 38.2 Å². The second-order valence-electron chi connectivity index (χ2n) is 12.4. The van der Waals surface area contributed by atoms with Crippen LogP contribution in [0.3, 0.4) is 0 Å². The van der Waals surface area contributed by atoms with Crippen LogP contribution in [-0.4, -0.2) is 96.0 Å². The Hall–Kier alpha value is -3.23. The minimum absolute atomic E-state index is 0.0809. The molecule has 1 aromatic carbocycles. The number of hydrogen-bond acceptors (Lipinski definition) is 9. The van der Waals surface area contributed by atoms with Gasteiger partial charge in [0.25, 0.3) is 0 Å². The molecular weight excluding hydrogens is 621 g/mol. The van der Waals surface area contributed by atoms with Crippen LogP contribution < -0.4 is 20.1 Å². The molecule has 3 aliphatic rings. The largest absolute Gasteiger partial charge is 0.477 e. The van der Waals surface area contributed by atoms with Crippen molar-refractivity contribution in [3.8, 4) is 23.1 Å². The highest BCUT2D eigenvalue weighted by Gasteiger charge is 2.49. The zero-order chi connectivity index (χ0) is 32.3. The van der Waals surface area contributed by atoms with Gasteiger partial charge in [-0.05, 0) is 59.0 Å². The molecule has 0 spiro atoms. The van der Waals surface area contributed by atoms with Crippen molar-refractivity contribution < 1.29 is 31.4 Å². The molecule has 3 aliphatic heterocycles. The molecule has 5 heterocycles. The molecule has 2 fully saturated rings. The number of nitrogen functional groups attached to an aromatic ring is 1. The molecular formula is C30H35ClF5N7O2. The third kappa shape index (κ3) is 5.92. The number of rotatable bonds is 7. The van der Waals surface area contributed by atoms with Crippen molar-refractivity contribution in [3.63, 3.8) is 0 Å². The number of halogens is 6. The molecule has 1 unspecified atom stereocenters. The second-order valence-corrected chi connectivity index (χ2v) is 12.8. The van der Waals surface area contributed by atoms with E-state index in [-0.39, 0.29) is 53.6 Å². The minimum Gasteiger partial charge on any atom is -0.477 e. The van der Waals surface area contributed by atoms with E-state index >= 15 is 4.39 Å². The Morgan fingerprint density at radius 1 is 1.20 bits per heavy atom. The van der Waals surface area contributed by atoms with Crippen molar-refractivity contribution >= 4 is 34.0 Å². The Morgan fingerprint density at radius 2 is 1.98 bits per heavy atom. The van der Waals surface area contributed by atoms with Gasteiger partial charge in [-0.3, -0.25) is 4.90 Å². The topological polar surface area (TPSA) is 92.9 Å². The number of aromatic nitrogens is 3. The monoisotopic (exact) mass is 655 g/mol. The molecule has 2 saturated heterocycles. The molecule has 15 heteroatoms. The molecule has 0 bridgehead atoms. The summed E-state index contributed by atoms with van der Waals surface area (Å²) in [4.78, 5) is 19.5. The first kappa shape index (κ1) is 31.7. The van der Waals surface area contributed by atoms with Crippen molar-refractivity contribution in [2.45, 2.75) is 56.5 Å². The lowest BCUT2D eigenvalue weighted by Gasteiger charge is -2.35. The number of nitrogens with two attached hydrogens (primary N) is 1. The maximum absolute atomic E-state index is 16.7. The molecule has 3 aromatic rings. The molecule has 6 rings (SSSR count). The van der Waals surface area contributed by atoms with Gasteiger partial charge in [-0.25, -0.2) is 13.8 Å². The summed E-state index contributed by atoms with van der Waals surface area (Å²) >= 11 is 6.01.